The van der Waals surface area contributed by atoms with Crippen LogP contribution >= 0.6 is 0 Å². The fourth-order valence-corrected chi connectivity index (χ4v) is 10.5. The molecule has 0 radical (unpaired) electrons. The van der Waals surface area contributed by atoms with Crippen LogP contribution in [0.1, 0.15) is 78.6 Å². The van der Waals surface area contributed by atoms with Gasteiger partial charge in [0.2, 0.25) is 0 Å². The number of hydrogen-bond acceptors (Lipinski definition) is 9. The standard InChI is InChI=1S/C31H49NO8/c1-17-28(35)24(37-4)15-26(40-17)32(38-5)20-8-10-29(2)19(13-20)6-7-22-23(29)14-25(33)30(3)21(9-11-31(22,30)36)18-12-27(34)39-16-18/h12,17,19-26,28,33,35-36H,6-11,13-16H2,1-5H3/t17-,19-,20+,21-,22-,23+,24-,25-,26-,28-,29+,30+,31+/m1/s1. The highest BCUT2D eigenvalue weighted by Crippen LogP contribution is 2.70. The van der Waals surface area contributed by atoms with Gasteiger partial charge in [-0.1, -0.05) is 13.8 Å². The Bertz CT molecular complexity index is 1020. The first-order chi connectivity index (χ1) is 19.0. The lowest BCUT2D eigenvalue weighted by Crippen LogP contribution is -2.67. The first kappa shape index (κ1) is 29.0. The zero-order chi connectivity index (χ0) is 28.6. The molecule has 1 saturated heterocycles. The zero-order valence-corrected chi connectivity index (χ0v) is 24.8. The average Bonchev–Trinajstić information content (AvgIpc) is 3.48. The molecule has 226 valence electrons. The number of esters is 1. The van der Waals surface area contributed by atoms with Crippen molar-refractivity contribution in [3.8, 4) is 0 Å². The van der Waals surface area contributed by atoms with Gasteiger partial charge in [0.05, 0.1) is 31.0 Å². The maximum Gasteiger partial charge on any atom is 0.331 e. The monoisotopic (exact) mass is 563 g/mol. The number of fused-ring (bicyclic) bond motifs is 5. The number of methoxy groups -OCH3 is 1. The Morgan fingerprint density at radius 2 is 1.80 bits per heavy atom. The van der Waals surface area contributed by atoms with E-state index in [2.05, 4.69) is 13.8 Å². The van der Waals surface area contributed by atoms with Crippen molar-refractivity contribution in [2.24, 2.45) is 34.5 Å². The Labute approximate surface area is 238 Å². The third-order valence-electron chi connectivity index (χ3n) is 12.9. The molecule has 13 atom stereocenters. The maximum absolute atomic E-state index is 12.5. The molecule has 9 nitrogen and oxygen atoms in total. The van der Waals surface area contributed by atoms with Gasteiger partial charge in [-0.05, 0) is 93.0 Å². The summed E-state index contributed by atoms with van der Waals surface area (Å²) in [5, 5.41) is 36.7. The molecule has 0 aromatic heterocycles. The van der Waals surface area contributed by atoms with Crippen molar-refractivity contribution in [1.82, 2.24) is 5.06 Å². The quantitative estimate of drug-likeness (QED) is 0.343. The van der Waals surface area contributed by atoms with Crippen molar-refractivity contribution in [2.75, 3.05) is 20.8 Å². The molecule has 40 heavy (non-hydrogen) atoms. The van der Waals surface area contributed by atoms with Gasteiger partial charge in [-0.3, -0.25) is 4.84 Å². The molecule has 0 aromatic carbocycles. The lowest BCUT2D eigenvalue weighted by Gasteiger charge is -2.65. The Kier molecular flexibility index (Phi) is 7.46. The van der Waals surface area contributed by atoms with Crippen LogP contribution in [0.5, 0.6) is 0 Å². The molecule has 6 aliphatic rings. The Balaban J connectivity index is 1.21. The number of rotatable bonds is 5. The van der Waals surface area contributed by atoms with E-state index in [0.29, 0.717) is 25.2 Å². The van der Waals surface area contributed by atoms with Gasteiger partial charge in [-0.2, -0.15) is 5.06 Å². The number of ether oxygens (including phenoxy) is 3. The van der Waals surface area contributed by atoms with Crippen molar-refractivity contribution in [3.63, 3.8) is 0 Å². The van der Waals surface area contributed by atoms with E-state index in [1.54, 1.807) is 20.3 Å². The molecule has 0 amide bonds. The summed E-state index contributed by atoms with van der Waals surface area (Å²) in [7, 11) is 3.33. The molecule has 9 heteroatoms. The van der Waals surface area contributed by atoms with Crippen LogP contribution in [-0.2, 0) is 23.8 Å². The van der Waals surface area contributed by atoms with E-state index in [9.17, 15) is 20.1 Å². The van der Waals surface area contributed by atoms with E-state index in [1.165, 1.54) is 0 Å². The molecule has 2 aliphatic heterocycles. The second-order valence-electron chi connectivity index (χ2n) is 14.1. The number of hydroxylamine groups is 2. The zero-order valence-electron chi connectivity index (χ0n) is 24.8. The van der Waals surface area contributed by atoms with Gasteiger partial charge >= 0.3 is 5.97 Å². The van der Waals surface area contributed by atoms with Gasteiger partial charge in [0.1, 0.15) is 18.9 Å². The van der Waals surface area contributed by atoms with Gasteiger partial charge < -0.3 is 29.5 Å². The number of hydrogen-bond donors (Lipinski definition) is 3. The van der Waals surface area contributed by atoms with Crippen LogP contribution in [0, 0.1) is 34.5 Å². The number of nitrogens with zero attached hydrogens (tertiary/aromatic N) is 1. The van der Waals surface area contributed by atoms with Crippen LogP contribution in [-0.4, -0.2) is 89.5 Å². The largest absolute Gasteiger partial charge is 0.458 e. The minimum atomic E-state index is -0.960. The molecule has 4 saturated carbocycles. The summed E-state index contributed by atoms with van der Waals surface area (Å²) in [6.45, 7) is 6.62. The van der Waals surface area contributed by atoms with Gasteiger partial charge in [0.25, 0.3) is 0 Å². The number of aliphatic hydroxyl groups is 3. The van der Waals surface area contributed by atoms with Crippen LogP contribution in [0.4, 0.5) is 0 Å². The van der Waals surface area contributed by atoms with Gasteiger partial charge in [-0.15, -0.1) is 0 Å². The van der Waals surface area contributed by atoms with E-state index in [-0.39, 0.29) is 60.2 Å². The lowest BCUT2D eigenvalue weighted by atomic mass is 9.42. The van der Waals surface area contributed by atoms with Gasteiger partial charge in [0, 0.05) is 31.1 Å². The maximum atomic E-state index is 12.5. The Hall–Kier alpha value is -1.07. The van der Waals surface area contributed by atoms with Crippen molar-refractivity contribution in [1.29, 1.82) is 0 Å². The number of carbonyl (C=O) groups is 1. The number of carbonyl (C=O) groups excluding carboxylic acids is 1. The molecule has 4 aliphatic carbocycles. The van der Waals surface area contributed by atoms with E-state index < -0.39 is 23.2 Å². The second-order valence-corrected chi connectivity index (χ2v) is 14.1. The molecule has 2 heterocycles. The Morgan fingerprint density at radius 3 is 2.48 bits per heavy atom. The van der Waals surface area contributed by atoms with Crippen molar-refractivity contribution >= 4 is 5.97 Å². The van der Waals surface area contributed by atoms with Crippen molar-refractivity contribution in [3.05, 3.63) is 11.6 Å². The summed E-state index contributed by atoms with van der Waals surface area (Å²) >= 11 is 0. The molecule has 0 aromatic rings. The SMILES string of the molecule is CO[C@@H]1C[C@H](N(OC)[C@H]2CC[C@@]3(C)[C@H](CC[C@@H]4[C@@H]3C[C@@H](O)[C@]3(C)[C@@H](C5=CC(=O)OC5)CC[C@]43O)C2)O[C@H](C)[C@H]1O. The average molecular weight is 564 g/mol. The number of cyclic esters (lactones) is 1. The highest BCUT2D eigenvalue weighted by molar-refractivity contribution is 5.85. The summed E-state index contributed by atoms with van der Waals surface area (Å²) in [5.41, 5.74) is -0.688. The first-order valence-electron chi connectivity index (χ1n) is 15.4. The lowest BCUT2D eigenvalue weighted by molar-refractivity contribution is -0.314. The molecule has 5 fully saturated rings. The molecule has 0 spiro atoms. The van der Waals surface area contributed by atoms with Crippen molar-refractivity contribution in [2.45, 2.75) is 121 Å². The predicted molar refractivity (Wildman–Crippen MR) is 146 cm³/mol. The molecular weight excluding hydrogens is 514 g/mol. The van der Waals surface area contributed by atoms with Gasteiger partial charge in [0.15, 0.2) is 0 Å². The topological polar surface area (TPSA) is 118 Å². The molecule has 0 unspecified atom stereocenters. The van der Waals surface area contributed by atoms with E-state index >= 15 is 0 Å². The van der Waals surface area contributed by atoms with Crippen LogP contribution in [0.15, 0.2) is 11.6 Å². The highest BCUT2D eigenvalue weighted by Gasteiger charge is 2.71. The summed E-state index contributed by atoms with van der Waals surface area (Å²) in [6.07, 6.45) is 6.93. The second kappa shape index (κ2) is 10.3. The predicted octanol–water partition coefficient (Wildman–Crippen LogP) is 2.96. The summed E-state index contributed by atoms with van der Waals surface area (Å²) in [5.74, 6) is 0.477. The third kappa shape index (κ3) is 4.09. The number of aliphatic hydroxyl groups excluding tert-OH is 2. The van der Waals surface area contributed by atoms with Crippen LogP contribution < -0.4 is 0 Å². The normalized spacial score (nSPS) is 52.5. The fraction of sp³-hybridized carbons (Fsp3) is 0.903. The van der Waals surface area contributed by atoms with E-state index in [0.717, 1.165) is 44.1 Å². The van der Waals surface area contributed by atoms with Crippen molar-refractivity contribution < 1.29 is 39.2 Å². The van der Waals surface area contributed by atoms with Crippen LogP contribution in [0.25, 0.3) is 0 Å². The minimum Gasteiger partial charge on any atom is -0.458 e. The fourth-order valence-electron chi connectivity index (χ4n) is 10.5. The van der Waals surface area contributed by atoms with E-state index in [4.69, 9.17) is 19.0 Å². The molecule has 6 rings (SSSR count). The van der Waals surface area contributed by atoms with Crippen LogP contribution in [0.3, 0.4) is 0 Å². The minimum absolute atomic E-state index is 0.0205. The molecular formula is C31H49NO8. The molecule has 3 N–H and O–H groups in total. The van der Waals surface area contributed by atoms with Crippen LogP contribution in [0.2, 0.25) is 0 Å². The molecule has 0 bridgehead atoms. The first-order valence-corrected chi connectivity index (χ1v) is 15.4. The van der Waals surface area contributed by atoms with Gasteiger partial charge in [-0.25, -0.2) is 4.79 Å². The summed E-state index contributed by atoms with van der Waals surface area (Å²) < 4.78 is 17.0. The Morgan fingerprint density at radius 1 is 1.02 bits per heavy atom. The highest BCUT2D eigenvalue weighted by atomic mass is 16.7. The van der Waals surface area contributed by atoms with E-state index in [1.807, 2.05) is 12.0 Å². The summed E-state index contributed by atoms with van der Waals surface area (Å²) in [4.78, 5) is 17.8. The smallest absolute Gasteiger partial charge is 0.331 e. The third-order valence-corrected chi connectivity index (χ3v) is 12.9. The summed E-state index contributed by atoms with van der Waals surface area (Å²) in [6, 6.07) is 0.189.